The summed E-state index contributed by atoms with van der Waals surface area (Å²) in [4.78, 5) is 22.8. The van der Waals surface area contributed by atoms with Crippen LogP contribution in [0.3, 0.4) is 0 Å². The molecule has 0 aliphatic carbocycles. The second-order valence-corrected chi connectivity index (χ2v) is 5.91. The highest BCUT2D eigenvalue weighted by Crippen LogP contribution is 2.20. The number of amides is 1. The standard InChI is InChI=1S/C20H20N4O/c1-14-9-10-16(11-15(14)2)23-20(25)18-12-22-19(13-21-18)24(3)17-7-5-4-6-8-17/h4-13H,1-3H3,(H,23,25). The lowest BCUT2D eigenvalue weighted by atomic mass is 10.1. The Bertz CT molecular complexity index is 876. The average molecular weight is 332 g/mol. The number of nitrogens with one attached hydrogen (secondary N) is 1. The van der Waals surface area contributed by atoms with Gasteiger partial charge in [-0.1, -0.05) is 24.3 Å². The topological polar surface area (TPSA) is 58.1 Å². The van der Waals surface area contributed by atoms with Gasteiger partial charge in [0, 0.05) is 18.4 Å². The van der Waals surface area contributed by atoms with Crippen LogP contribution in [0.2, 0.25) is 0 Å². The first-order valence-corrected chi connectivity index (χ1v) is 8.04. The molecule has 0 radical (unpaired) electrons. The molecule has 0 saturated heterocycles. The summed E-state index contributed by atoms with van der Waals surface area (Å²) < 4.78 is 0. The maximum Gasteiger partial charge on any atom is 0.275 e. The molecule has 5 heteroatoms. The van der Waals surface area contributed by atoms with Crippen molar-refractivity contribution >= 4 is 23.1 Å². The van der Waals surface area contributed by atoms with Crippen LogP contribution in [0.5, 0.6) is 0 Å². The third-order valence-electron chi connectivity index (χ3n) is 4.12. The second kappa shape index (κ2) is 7.13. The second-order valence-electron chi connectivity index (χ2n) is 5.91. The molecule has 126 valence electrons. The maximum atomic E-state index is 12.3. The predicted molar refractivity (Wildman–Crippen MR) is 100 cm³/mol. The average Bonchev–Trinajstić information content (AvgIpc) is 2.65. The van der Waals surface area contributed by atoms with Crippen LogP contribution in [0.25, 0.3) is 0 Å². The summed E-state index contributed by atoms with van der Waals surface area (Å²) in [6, 6.07) is 15.7. The normalized spacial score (nSPS) is 10.4. The first kappa shape index (κ1) is 16.6. The van der Waals surface area contributed by atoms with Crippen LogP contribution in [0, 0.1) is 13.8 Å². The molecule has 1 N–H and O–H groups in total. The monoisotopic (exact) mass is 332 g/mol. The number of aromatic nitrogens is 2. The van der Waals surface area contributed by atoms with Crippen molar-refractivity contribution in [2.45, 2.75) is 13.8 Å². The molecule has 5 nitrogen and oxygen atoms in total. The van der Waals surface area contributed by atoms with E-state index in [0.717, 1.165) is 16.9 Å². The predicted octanol–water partition coefficient (Wildman–Crippen LogP) is 4.11. The van der Waals surface area contributed by atoms with E-state index in [9.17, 15) is 4.79 Å². The minimum Gasteiger partial charge on any atom is -0.328 e. The zero-order chi connectivity index (χ0) is 17.8. The van der Waals surface area contributed by atoms with E-state index >= 15 is 0 Å². The molecule has 3 rings (SSSR count). The van der Waals surface area contributed by atoms with Crippen molar-refractivity contribution in [2.24, 2.45) is 0 Å². The van der Waals surface area contributed by atoms with E-state index < -0.39 is 0 Å². The lowest BCUT2D eigenvalue weighted by Gasteiger charge is -2.17. The van der Waals surface area contributed by atoms with Gasteiger partial charge >= 0.3 is 0 Å². The van der Waals surface area contributed by atoms with Crippen molar-refractivity contribution in [2.75, 3.05) is 17.3 Å². The van der Waals surface area contributed by atoms with Crippen LogP contribution in [0.4, 0.5) is 17.2 Å². The molecule has 25 heavy (non-hydrogen) atoms. The van der Waals surface area contributed by atoms with Gasteiger partial charge in [-0.3, -0.25) is 4.79 Å². The Hall–Kier alpha value is -3.21. The van der Waals surface area contributed by atoms with Gasteiger partial charge < -0.3 is 10.2 Å². The SMILES string of the molecule is Cc1ccc(NC(=O)c2cnc(N(C)c3ccccc3)cn2)cc1C. The molecule has 0 spiro atoms. The van der Waals surface area contributed by atoms with Gasteiger partial charge in [0.15, 0.2) is 5.82 Å². The summed E-state index contributed by atoms with van der Waals surface area (Å²) in [5.41, 5.74) is 4.35. The summed E-state index contributed by atoms with van der Waals surface area (Å²) in [7, 11) is 1.91. The molecule has 0 unspecified atom stereocenters. The quantitative estimate of drug-likeness (QED) is 0.781. The Morgan fingerprint density at radius 3 is 2.36 bits per heavy atom. The zero-order valence-corrected chi connectivity index (χ0v) is 14.5. The number of carbonyl (C=O) groups excluding carboxylic acids is 1. The van der Waals surface area contributed by atoms with Crippen molar-refractivity contribution in [3.63, 3.8) is 0 Å². The molecule has 0 saturated carbocycles. The fourth-order valence-electron chi connectivity index (χ4n) is 2.41. The van der Waals surface area contributed by atoms with Crippen molar-refractivity contribution in [3.05, 3.63) is 77.7 Å². The lowest BCUT2D eigenvalue weighted by molar-refractivity contribution is 0.102. The van der Waals surface area contributed by atoms with E-state index in [0.29, 0.717) is 5.82 Å². The Labute approximate surface area is 147 Å². The molecule has 3 aromatic rings. The molecule has 0 fully saturated rings. The summed E-state index contributed by atoms with van der Waals surface area (Å²) >= 11 is 0. The van der Waals surface area contributed by atoms with Crippen LogP contribution in [0.15, 0.2) is 60.9 Å². The molecule has 0 aliphatic heterocycles. The molecule has 1 heterocycles. The maximum absolute atomic E-state index is 12.3. The number of nitrogens with zero attached hydrogens (tertiary/aromatic N) is 3. The molecular weight excluding hydrogens is 312 g/mol. The summed E-state index contributed by atoms with van der Waals surface area (Å²) in [6.07, 6.45) is 3.09. The minimum absolute atomic E-state index is 0.273. The van der Waals surface area contributed by atoms with Gasteiger partial charge in [0.05, 0.1) is 12.4 Å². The van der Waals surface area contributed by atoms with Gasteiger partial charge in [0.25, 0.3) is 5.91 Å². The number of benzene rings is 2. The van der Waals surface area contributed by atoms with E-state index in [-0.39, 0.29) is 11.6 Å². The van der Waals surface area contributed by atoms with Crippen LogP contribution < -0.4 is 10.2 Å². The highest BCUT2D eigenvalue weighted by Gasteiger charge is 2.11. The van der Waals surface area contributed by atoms with Gasteiger partial charge in [-0.05, 0) is 49.2 Å². The van der Waals surface area contributed by atoms with Gasteiger partial charge in [0.2, 0.25) is 0 Å². The number of rotatable bonds is 4. The van der Waals surface area contributed by atoms with Crippen LogP contribution in [-0.2, 0) is 0 Å². The fourth-order valence-corrected chi connectivity index (χ4v) is 2.41. The number of anilines is 3. The number of para-hydroxylation sites is 1. The number of hydrogen-bond donors (Lipinski definition) is 1. The summed E-state index contributed by atoms with van der Waals surface area (Å²) in [6.45, 7) is 4.05. The van der Waals surface area contributed by atoms with E-state index in [1.807, 2.05) is 74.3 Å². The fraction of sp³-hybridized carbons (Fsp3) is 0.150. The molecule has 0 atom stereocenters. The minimum atomic E-state index is -0.273. The van der Waals surface area contributed by atoms with Crippen LogP contribution in [0.1, 0.15) is 21.6 Å². The van der Waals surface area contributed by atoms with E-state index in [4.69, 9.17) is 0 Å². The number of hydrogen-bond acceptors (Lipinski definition) is 4. The van der Waals surface area contributed by atoms with Crippen molar-refractivity contribution in [3.8, 4) is 0 Å². The Morgan fingerprint density at radius 1 is 0.960 bits per heavy atom. The summed E-state index contributed by atoms with van der Waals surface area (Å²) in [5, 5.41) is 2.85. The Kier molecular flexibility index (Phi) is 4.75. The Morgan fingerprint density at radius 2 is 1.72 bits per heavy atom. The molecule has 1 aromatic heterocycles. The van der Waals surface area contributed by atoms with E-state index in [1.54, 1.807) is 6.20 Å². The highest BCUT2D eigenvalue weighted by atomic mass is 16.1. The van der Waals surface area contributed by atoms with Gasteiger partial charge in [-0.15, -0.1) is 0 Å². The van der Waals surface area contributed by atoms with Gasteiger partial charge in [-0.2, -0.15) is 0 Å². The summed E-state index contributed by atoms with van der Waals surface area (Å²) in [5.74, 6) is 0.401. The molecule has 1 amide bonds. The molecule has 0 aliphatic rings. The number of aryl methyl sites for hydroxylation is 2. The van der Waals surface area contributed by atoms with Crippen molar-refractivity contribution < 1.29 is 4.79 Å². The third kappa shape index (κ3) is 3.83. The zero-order valence-electron chi connectivity index (χ0n) is 14.5. The van der Waals surface area contributed by atoms with E-state index in [2.05, 4.69) is 15.3 Å². The Balaban J connectivity index is 1.73. The van der Waals surface area contributed by atoms with Gasteiger partial charge in [0.1, 0.15) is 5.69 Å². The highest BCUT2D eigenvalue weighted by molar-refractivity contribution is 6.02. The first-order chi connectivity index (χ1) is 12.0. The lowest BCUT2D eigenvalue weighted by Crippen LogP contribution is -2.16. The van der Waals surface area contributed by atoms with Crippen LogP contribution >= 0.6 is 0 Å². The largest absolute Gasteiger partial charge is 0.328 e. The third-order valence-corrected chi connectivity index (χ3v) is 4.12. The number of carbonyl (C=O) groups is 1. The van der Waals surface area contributed by atoms with E-state index in [1.165, 1.54) is 11.8 Å². The molecule has 0 bridgehead atoms. The van der Waals surface area contributed by atoms with Crippen molar-refractivity contribution in [1.29, 1.82) is 0 Å². The van der Waals surface area contributed by atoms with Crippen molar-refractivity contribution in [1.82, 2.24) is 9.97 Å². The first-order valence-electron chi connectivity index (χ1n) is 8.04. The molecular formula is C20H20N4O. The van der Waals surface area contributed by atoms with Crippen LogP contribution in [-0.4, -0.2) is 22.9 Å². The molecule has 2 aromatic carbocycles. The van der Waals surface area contributed by atoms with Gasteiger partial charge in [-0.25, -0.2) is 9.97 Å². The smallest absolute Gasteiger partial charge is 0.275 e.